The van der Waals surface area contributed by atoms with Crippen LogP contribution in [0.15, 0.2) is 46.9 Å². The molecule has 2 aromatic carbocycles. The SMILES string of the molecule is C[C@H](Oc1ccc(Br)cc1F)C(=O)Nc1cccc(Cl)c1. The zero-order valence-corrected chi connectivity index (χ0v) is 13.4. The van der Waals surface area contributed by atoms with E-state index in [1.807, 2.05) is 0 Å². The lowest BCUT2D eigenvalue weighted by atomic mass is 10.3. The van der Waals surface area contributed by atoms with E-state index in [4.69, 9.17) is 16.3 Å². The third-order valence-corrected chi connectivity index (χ3v) is 3.39. The summed E-state index contributed by atoms with van der Waals surface area (Å²) in [6.07, 6.45) is -0.848. The number of hydrogen-bond acceptors (Lipinski definition) is 2. The molecule has 0 bridgehead atoms. The molecule has 0 aliphatic rings. The van der Waals surface area contributed by atoms with Gasteiger partial charge in [-0.2, -0.15) is 0 Å². The van der Waals surface area contributed by atoms with E-state index in [1.54, 1.807) is 37.3 Å². The van der Waals surface area contributed by atoms with Crippen LogP contribution in [0, 0.1) is 5.82 Å². The van der Waals surface area contributed by atoms with Crippen molar-refractivity contribution < 1.29 is 13.9 Å². The molecule has 1 atom stereocenters. The highest BCUT2D eigenvalue weighted by molar-refractivity contribution is 9.10. The normalized spacial score (nSPS) is 11.8. The largest absolute Gasteiger partial charge is 0.478 e. The highest BCUT2D eigenvalue weighted by Crippen LogP contribution is 2.23. The summed E-state index contributed by atoms with van der Waals surface area (Å²) in [7, 11) is 0. The molecule has 0 saturated carbocycles. The predicted molar refractivity (Wildman–Crippen MR) is 84.3 cm³/mol. The molecule has 0 unspecified atom stereocenters. The summed E-state index contributed by atoms with van der Waals surface area (Å²) in [5.74, 6) is -0.904. The molecule has 110 valence electrons. The number of amides is 1. The molecule has 3 nitrogen and oxygen atoms in total. The molecule has 0 radical (unpaired) electrons. The van der Waals surface area contributed by atoms with Gasteiger partial charge in [0.25, 0.3) is 5.91 Å². The molecule has 6 heteroatoms. The van der Waals surface area contributed by atoms with Crippen LogP contribution in [0.4, 0.5) is 10.1 Å². The fourth-order valence-corrected chi connectivity index (χ4v) is 2.15. The Labute approximate surface area is 135 Å². The quantitative estimate of drug-likeness (QED) is 0.848. The van der Waals surface area contributed by atoms with Gasteiger partial charge in [0.05, 0.1) is 0 Å². The maximum Gasteiger partial charge on any atom is 0.265 e. The van der Waals surface area contributed by atoms with Gasteiger partial charge in [0.1, 0.15) is 0 Å². The molecule has 2 rings (SSSR count). The van der Waals surface area contributed by atoms with Gasteiger partial charge in [-0.05, 0) is 43.3 Å². The molecular formula is C15H12BrClFNO2. The first-order valence-corrected chi connectivity index (χ1v) is 7.31. The van der Waals surface area contributed by atoms with Crippen molar-refractivity contribution in [1.29, 1.82) is 0 Å². The van der Waals surface area contributed by atoms with Crippen molar-refractivity contribution in [2.45, 2.75) is 13.0 Å². The van der Waals surface area contributed by atoms with Crippen molar-refractivity contribution in [2.75, 3.05) is 5.32 Å². The fraction of sp³-hybridized carbons (Fsp3) is 0.133. The lowest BCUT2D eigenvalue weighted by Crippen LogP contribution is -2.30. The van der Waals surface area contributed by atoms with Crippen LogP contribution in [-0.2, 0) is 4.79 Å². The van der Waals surface area contributed by atoms with E-state index in [1.165, 1.54) is 12.1 Å². The number of hydrogen-bond donors (Lipinski definition) is 1. The smallest absolute Gasteiger partial charge is 0.265 e. The molecule has 21 heavy (non-hydrogen) atoms. The summed E-state index contributed by atoms with van der Waals surface area (Å²) in [4.78, 5) is 12.0. The highest BCUT2D eigenvalue weighted by Gasteiger charge is 2.17. The van der Waals surface area contributed by atoms with Gasteiger partial charge < -0.3 is 10.1 Å². The monoisotopic (exact) mass is 371 g/mol. The third kappa shape index (κ3) is 4.44. The van der Waals surface area contributed by atoms with Gasteiger partial charge in [0.2, 0.25) is 0 Å². The Morgan fingerprint density at radius 3 is 2.76 bits per heavy atom. The van der Waals surface area contributed by atoms with E-state index in [-0.39, 0.29) is 11.7 Å². The number of benzene rings is 2. The van der Waals surface area contributed by atoms with Gasteiger partial charge in [0, 0.05) is 15.2 Å². The standard InChI is InChI=1S/C15H12BrClFNO2/c1-9(21-14-6-5-10(16)7-13(14)18)15(20)19-12-4-2-3-11(17)8-12/h2-9H,1H3,(H,19,20)/t9-/m0/s1. The van der Waals surface area contributed by atoms with Crippen LogP contribution >= 0.6 is 27.5 Å². The maximum absolute atomic E-state index is 13.6. The minimum Gasteiger partial charge on any atom is -0.478 e. The second-order valence-corrected chi connectivity index (χ2v) is 5.69. The summed E-state index contributed by atoms with van der Waals surface area (Å²) in [6, 6.07) is 11.1. The molecule has 0 fully saturated rings. The summed E-state index contributed by atoms with van der Waals surface area (Å²) < 4.78 is 19.6. The number of nitrogens with one attached hydrogen (secondary N) is 1. The molecule has 0 saturated heterocycles. The van der Waals surface area contributed by atoms with E-state index >= 15 is 0 Å². The maximum atomic E-state index is 13.6. The van der Waals surface area contributed by atoms with E-state index in [9.17, 15) is 9.18 Å². The topological polar surface area (TPSA) is 38.3 Å². The lowest BCUT2D eigenvalue weighted by molar-refractivity contribution is -0.122. The number of ether oxygens (including phenoxy) is 1. The fourth-order valence-electron chi connectivity index (χ4n) is 1.62. The van der Waals surface area contributed by atoms with Crippen molar-refractivity contribution in [3.05, 3.63) is 57.8 Å². The van der Waals surface area contributed by atoms with Crippen molar-refractivity contribution in [1.82, 2.24) is 0 Å². The molecule has 0 aliphatic heterocycles. The Bertz CT molecular complexity index is 666. The Morgan fingerprint density at radius 2 is 2.10 bits per heavy atom. The van der Waals surface area contributed by atoms with E-state index in [2.05, 4.69) is 21.2 Å². The Balaban J connectivity index is 2.02. The van der Waals surface area contributed by atoms with E-state index in [0.29, 0.717) is 15.2 Å². The lowest BCUT2D eigenvalue weighted by Gasteiger charge is -2.15. The number of anilines is 1. The van der Waals surface area contributed by atoms with Crippen LogP contribution in [0.25, 0.3) is 0 Å². The molecule has 2 aromatic rings. The van der Waals surface area contributed by atoms with Gasteiger partial charge in [-0.15, -0.1) is 0 Å². The van der Waals surface area contributed by atoms with Crippen LogP contribution in [0.3, 0.4) is 0 Å². The van der Waals surface area contributed by atoms with Crippen LogP contribution in [0.1, 0.15) is 6.92 Å². The van der Waals surface area contributed by atoms with Crippen LogP contribution < -0.4 is 10.1 Å². The van der Waals surface area contributed by atoms with Crippen molar-refractivity contribution in [3.8, 4) is 5.75 Å². The zero-order chi connectivity index (χ0) is 15.4. The first-order chi connectivity index (χ1) is 9.95. The summed E-state index contributed by atoms with van der Waals surface area (Å²) in [6.45, 7) is 1.54. The zero-order valence-electron chi connectivity index (χ0n) is 11.1. The third-order valence-electron chi connectivity index (χ3n) is 2.66. The molecule has 0 aliphatic carbocycles. The minimum atomic E-state index is -0.848. The second-order valence-electron chi connectivity index (χ2n) is 4.33. The summed E-state index contributed by atoms with van der Waals surface area (Å²) in [5.41, 5.74) is 0.555. The first kappa shape index (κ1) is 15.8. The van der Waals surface area contributed by atoms with Crippen LogP contribution in [-0.4, -0.2) is 12.0 Å². The molecule has 1 N–H and O–H groups in total. The molecule has 0 aromatic heterocycles. The van der Waals surface area contributed by atoms with Gasteiger partial charge >= 0.3 is 0 Å². The van der Waals surface area contributed by atoms with Gasteiger partial charge in [-0.1, -0.05) is 33.6 Å². The molecule has 0 heterocycles. The number of carbonyl (C=O) groups is 1. The average molecular weight is 373 g/mol. The van der Waals surface area contributed by atoms with E-state index < -0.39 is 11.9 Å². The van der Waals surface area contributed by atoms with Crippen LogP contribution in [0.2, 0.25) is 5.02 Å². The number of carbonyl (C=O) groups excluding carboxylic acids is 1. The average Bonchev–Trinajstić information content (AvgIpc) is 2.41. The van der Waals surface area contributed by atoms with Gasteiger partial charge in [-0.3, -0.25) is 4.79 Å². The summed E-state index contributed by atoms with van der Waals surface area (Å²) >= 11 is 8.99. The summed E-state index contributed by atoms with van der Waals surface area (Å²) in [5, 5.41) is 3.17. The number of rotatable bonds is 4. The first-order valence-electron chi connectivity index (χ1n) is 6.14. The molecular weight excluding hydrogens is 361 g/mol. The highest BCUT2D eigenvalue weighted by atomic mass is 79.9. The predicted octanol–water partition coefficient (Wildman–Crippen LogP) is 4.65. The number of halogens is 3. The Kier molecular flexibility index (Phi) is 5.20. The van der Waals surface area contributed by atoms with Gasteiger partial charge in [-0.25, -0.2) is 4.39 Å². The van der Waals surface area contributed by atoms with E-state index in [0.717, 1.165) is 0 Å². The molecule has 1 amide bonds. The van der Waals surface area contributed by atoms with Crippen molar-refractivity contribution in [2.24, 2.45) is 0 Å². The Hall–Kier alpha value is -1.59. The second kappa shape index (κ2) is 6.91. The van der Waals surface area contributed by atoms with Crippen molar-refractivity contribution >= 4 is 39.1 Å². The minimum absolute atomic E-state index is 0.0203. The van der Waals surface area contributed by atoms with Crippen LogP contribution in [0.5, 0.6) is 5.75 Å². The Morgan fingerprint density at radius 1 is 1.33 bits per heavy atom. The molecule has 0 spiro atoms. The van der Waals surface area contributed by atoms with Crippen molar-refractivity contribution in [3.63, 3.8) is 0 Å². The van der Waals surface area contributed by atoms with Gasteiger partial charge in [0.15, 0.2) is 17.7 Å².